The molecule has 2 heterocycles. The van der Waals surface area contributed by atoms with Crippen LogP contribution in [0.4, 0.5) is 0 Å². The van der Waals surface area contributed by atoms with Crippen LogP contribution in [0.15, 0.2) is 54.6 Å². The zero-order valence-electron chi connectivity index (χ0n) is 20.5. The zero-order chi connectivity index (χ0) is 23.8. The SMILES string of the molecule is COc1ccc(CN2CCC(C(=O)N3CCN(CC=Cc4ccccc4)CC3)CC2)c(OC)c1. The molecular formula is C28H37N3O3. The molecule has 2 fully saturated rings. The van der Waals surface area contributed by atoms with Gasteiger partial charge in [0.1, 0.15) is 11.5 Å². The number of hydrogen-bond acceptors (Lipinski definition) is 5. The highest BCUT2D eigenvalue weighted by Crippen LogP contribution is 2.28. The van der Waals surface area contributed by atoms with Crippen molar-refractivity contribution in [1.29, 1.82) is 0 Å². The van der Waals surface area contributed by atoms with Gasteiger partial charge in [-0.05, 0) is 37.6 Å². The number of likely N-dealkylation sites (tertiary alicyclic amines) is 1. The number of hydrogen-bond donors (Lipinski definition) is 0. The number of rotatable bonds is 8. The molecule has 2 aromatic carbocycles. The van der Waals surface area contributed by atoms with Gasteiger partial charge in [-0.2, -0.15) is 0 Å². The Morgan fingerprint density at radius 3 is 2.32 bits per heavy atom. The highest BCUT2D eigenvalue weighted by Gasteiger charge is 2.30. The molecule has 4 rings (SSSR count). The Kier molecular flexibility index (Phi) is 8.61. The van der Waals surface area contributed by atoms with Gasteiger partial charge in [-0.1, -0.05) is 48.6 Å². The average molecular weight is 464 g/mol. The lowest BCUT2D eigenvalue weighted by molar-refractivity contribution is -0.138. The molecule has 0 N–H and O–H groups in total. The third kappa shape index (κ3) is 6.39. The molecule has 34 heavy (non-hydrogen) atoms. The quantitative estimate of drug-likeness (QED) is 0.596. The summed E-state index contributed by atoms with van der Waals surface area (Å²) in [4.78, 5) is 20.1. The largest absolute Gasteiger partial charge is 0.497 e. The molecule has 6 heteroatoms. The number of methoxy groups -OCH3 is 2. The predicted octanol–water partition coefficient (Wildman–Crippen LogP) is 3.77. The number of ether oxygens (including phenoxy) is 2. The van der Waals surface area contributed by atoms with E-state index >= 15 is 0 Å². The Morgan fingerprint density at radius 1 is 0.912 bits per heavy atom. The number of amides is 1. The predicted molar refractivity (Wildman–Crippen MR) is 136 cm³/mol. The summed E-state index contributed by atoms with van der Waals surface area (Å²) in [6.07, 6.45) is 6.25. The summed E-state index contributed by atoms with van der Waals surface area (Å²) in [7, 11) is 3.36. The van der Waals surface area contributed by atoms with Gasteiger partial charge >= 0.3 is 0 Å². The molecule has 0 saturated carbocycles. The van der Waals surface area contributed by atoms with Crippen molar-refractivity contribution in [3.63, 3.8) is 0 Å². The van der Waals surface area contributed by atoms with Gasteiger partial charge in [-0.25, -0.2) is 0 Å². The van der Waals surface area contributed by atoms with Gasteiger partial charge in [0.2, 0.25) is 5.91 Å². The zero-order valence-corrected chi connectivity index (χ0v) is 20.5. The van der Waals surface area contributed by atoms with Crippen LogP contribution in [0, 0.1) is 5.92 Å². The lowest BCUT2D eigenvalue weighted by Gasteiger charge is -2.38. The minimum Gasteiger partial charge on any atom is -0.497 e. The second-order valence-electron chi connectivity index (χ2n) is 9.17. The van der Waals surface area contributed by atoms with Crippen molar-refractivity contribution in [2.45, 2.75) is 19.4 Å². The molecule has 2 aliphatic heterocycles. The lowest BCUT2D eigenvalue weighted by Crippen LogP contribution is -2.51. The normalized spacial score (nSPS) is 18.4. The number of piperazine rings is 1. The van der Waals surface area contributed by atoms with Crippen LogP contribution in [-0.4, -0.2) is 80.6 Å². The van der Waals surface area contributed by atoms with Crippen LogP contribution in [0.1, 0.15) is 24.0 Å². The van der Waals surface area contributed by atoms with E-state index in [1.807, 2.05) is 18.2 Å². The van der Waals surface area contributed by atoms with E-state index in [4.69, 9.17) is 9.47 Å². The summed E-state index contributed by atoms with van der Waals surface area (Å²) in [5.74, 6) is 2.16. The summed E-state index contributed by atoms with van der Waals surface area (Å²) in [5.41, 5.74) is 2.39. The Balaban J connectivity index is 1.19. The molecule has 6 nitrogen and oxygen atoms in total. The molecule has 0 aliphatic carbocycles. The summed E-state index contributed by atoms with van der Waals surface area (Å²) in [5, 5.41) is 0. The van der Waals surface area contributed by atoms with Crippen molar-refractivity contribution < 1.29 is 14.3 Å². The Hall–Kier alpha value is -2.83. The fourth-order valence-electron chi connectivity index (χ4n) is 4.87. The van der Waals surface area contributed by atoms with Gasteiger partial charge < -0.3 is 14.4 Å². The standard InChI is InChI=1S/C28H37N3O3/c1-33-26-11-10-25(27(21-26)34-2)22-30-15-12-24(13-16-30)28(32)31-19-17-29(18-20-31)14-6-9-23-7-4-3-5-8-23/h3-11,21,24H,12-20,22H2,1-2H3. The molecule has 182 valence electrons. The maximum absolute atomic E-state index is 13.1. The maximum Gasteiger partial charge on any atom is 0.225 e. The molecule has 2 aliphatic rings. The second kappa shape index (κ2) is 12.0. The van der Waals surface area contributed by atoms with E-state index in [9.17, 15) is 4.79 Å². The second-order valence-corrected chi connectivity index (χ2v) is 9.17. The molecule has 2 aromatic rings. The molecule has 2 saturated heterocycles. The van der Waals surface area contributed by atoms with Crippen molar-refractivity contribution in [3.05, 3.63) is 65.7 Å². The van der Waals surface area contributed by atoms with Gasteiger partial charge in [0.05, 0.1) is 14.2 Å². The Bertz CT molecular complexity index is 947. The highest BCUT2D eigenvalue weighted by atomic mass is 16.5. The average Bonchev–Trinajstić information content (AvgIpc) is 2.90. The van der Waals surface area contributed by atoms with E-state index in [-0.39, 0.29) is 5.92 Å². The Morgan fingerprint density at radius 2 is 1.65 bits per heavy atom. The van der Waals surface area contributed by atoms with Gasteiger partial charge in [-0.15, -0.1) is 0 Å². The van der Waals surface area contributed by atoms with Crippen LogP contribution in [0.25, 0.3) is 6.08 Å². The maximum atomic E-state index is 13.1. The van der Waals surface area contributed by atoms with E-state index in [1.165, 1.54) is 5.56 Å². The molecule has 0 aromatic heterocycles. The lowest BCUT2D eigenvalue weighted by atomic mass is 9.94. The van der Waals surface area contributed by atoms with E-state index in [0.29, 0.717) is 5.91 Å². The van der Waals surface area contributed by atoms with Crippen molar-refractivity contribution in [2.24, 2.45) is 5.92 Å². The van der Waals surface area contributed by atoms with Crippen molar-refractivity contribution in [2.75, 3.05) is 60.0 Å². The molecule has 1 amide bonds. The molecular weight excluding hydrogens is 426 g/mol. The first kappa shape index (κ1) is 24.3. The Labute approximate surface area is 203 Å². The van der Waals surface area contributed by atoms with Crippen molar-refractivity contribution in [1.82, 2.24) is 14.7 Å². The van der Waals surface area contributed by atoms with Gasteiger partial charge in [0, 0.05) is 56.8 Å². The van der Waals surface area contributed by atoms with Gasteiger partial charge in [0.25, 0.3) is 0 Å². The van der Waals surface area contributed by atoms with E-state index in [1.54, 1.807) is 14.2 Å². The third-order valence-corrected chi connectivity index (χ3v) is 6.98. The summed E-state index contributed by atoms with van der Waals surface area (Å²) >= 11 is 0. The highest BCUT2D eigenvalue weighted by molar-refractivity contribution is 5.79. The monoisotopic (exact) mass is 463 g/mol. The first-order valence-corrected chi connectivity index (χ1v) is 12.3. The van der Waals surface area contributed by atoms with Gasteiger partial charge in [0.15, 0.2) is 0 Å². The smallest absolute Gasteiger partial charge is 0.225 e. The van der Waals surface area contributed by atoms with E-state index in [0.717, 1.165) is 82.3 Å². The van der Waals surface area contributed by atoms with Crippen LogP contribution in [0.3, 0.4) is 0 Å². The molecule has 0 unspecified atom stereocenters. The first-order valence-electron chi connectivity index (χ1n) is 12.3. The third-order valence-electron chi connectivity index (χ3n) is 6.98. The van der Waals surface area contributed by atoms with Crippen LogP contribution in [0.5, 0.6) is 11.5 Å². The summed E-state index contributed by atoms with van der Waals surface area (Å²) in [6, 6.07) is 16.4. The summed E-state index contributed by atoms with van der Waals surface area (Å²) < 4.78 is 10.8. The number of piperidine rings is 1. The van der Waals surface area contributed by atoms with Crippen LogP contribution >= 0.6 is 0 Å². The van der Waals surface area contributed by atoms with Crippen LogP contribution in [0.2, 0.25) is 0 Å². The van der Waals surface area contributed by atoms with Crippen molar-refractivity contribution in [3.8, 4) is 11.5 Å². The van der Waals surface area contributed by atoms with Crippen molar-refractivity contribution >= 4 is 12.0 Å². The number of carbonyl (C=O) groups is 1. The van der Waals surface area contributed by atoms with Crippen LogP contribution in [-0.2, 0) is 11.3 Å². The first-order chi connectivity index (χ1) is 16.7. The topological polar surface area (TPSA) is 45.2 Å². The minimum absolute atomic E-state index is 0.151. The summed E-state index contributed by atoms with van der Waals surface area (Å²) in [6.45, 7) is 7.21. The van der Waals surface area contributed by atoms with E-state index in [2.05, 4.69) is 57.2 Å². The van der Waals surface area contributed by atoms with Gasteiger partial charge in [-0.3, -0.25) is 14.6 Å². The molecule has 0 radical (unpaired) electrons. The fourth-order valence-corrected chi connectivity index (χ4v) is 4.87. The number of benzene rings is 2. The molecule has 0 atom stereocenters. The number of nitrogens with zero attached hydrogens (tertiary/aromatic N) is 3. The number of carbonyl (C=O) groups excluding carboxylic acids is 1. The van der Waals surface area contributed by atoms with E-state index < -0.39 is 0 Å². The van der Waals surface area contributed by atoms with Crippen LogP contribution < -0.4 is 9.47 Å². The fraction of sp³-hybridized carbons (Fsp3) is 0.464. The minimum atomic E-state index is 0.151. The molecule has 0 bridgehead atoms. The molecule has 0 spiro atoms.